The SMILES string of the molecule is Cl.Cl.NCC(=O)N1CCN(c2ccc(Cl)cc2)CC1. The second-order valence-corrected chi connectivity index (χ2v) is 4.48. The second kappa shape index (κ2) is 8.48. The van der Waals surface area contributed by atoms with E-state index in [0.29, 0.717) is 0 Å². The smallest absolute Gasteiger partial charge is 0.236 e. The Labute approximate surface area is 130 Å². The summed E-state index contributed by atoms with van der Waals surface area (Å²) in [5.74, 6) is 0.0285. The number of nitrogens with zero attached hydrogens (tertiary/aromatic N) is 2. The number of nitrogens with two attached hydrogens (primary N) is 1. The standard InChI is InChI=1S/C12H16ClN3O.2ClH/c13-10-1-3-11(4-2-10)15-5-7-16(8-6-15)12(17)9-14;;/h1-4H,5-9,14H2;2*1H. The number of hydrogen-bond donors (Lipinski definition) is 1. The summed E-state index contributed by atoms with van der Waals surface area (Å²) in [6.45, 7) is 3.25. The fraction of sp³-hybridized carbons (Fsp3) is 0.417. The number of carbonyl (C=O) groups is 1. The van der Waals surface area contributed by atoms with E-state index in [1.54, 1.807) is 0 Å². The molecular weight excluding hydrogens is 309 g/mol. The van der Waals surface area contributed by atoms with Gasteiger partial charge < -0.3 is 15.5 Å². The number of halogens is 3. The molecule has 4 nitrogen and oxygen atoms in total. The predicted molar refractivity (Wildman–Crippen MR) is 83.8 cm³/mol. The van der Waals surface area contributed by atoms with Gasteiger partial charge in [0, 0.05) is 36.9 Å². The summed E-state index contributed by atoms with van der Waals surface area (Å²) in [7, 11) is 0. The van der Waals surface area contributed by atoms with Gasteiger partial charge in [0.1, 0.15) is 0 Å². The molecule has 0 aliphatic carbocycles. The molecule has 0 radical (unpaired) electrons. The van der Waals surface area contributed by atoms with Crippen molar-refractivity contribution in [2.24, 2.45) is 5.73 Å². The summed E-state index contributed by atoms with van der Waals surface area (Å²) in [6.07, 6.45) is 0. The maximum absolute atomic E-state index is 11.4. The van der Waals surface area contributed by atoms with E-state index in [0.717, 1.165) is 36.9 Å². The Morgan fingerprint density at radius 2 is 1.63 bits per heavy atom. The van der Waals surface area contributed by atoms with Crippen LogP contribution in [0.5, 0.6) is 0 Å². The lowest BCUT2D eigenvalue weighted by Crippen LogP contribution is -2.50. The van der Waals surface area contributed by atoms with Crippen LogP contribution < -0.4 is 10.6 Å². The van der Waals surface area contributed by atoms with Crippen LogP contribution >= 0.6 is 36.4 Å². The normalized spacial score (nSPS) is 14.4. The molecule has 0 unspecified atom stereocenters. The van der Waals surface area contributed by atoms with Gasteiger partial charge in [-0.2, -0.15) is 0 Å². The molecule has 1 aromatic rings. The van der Waals surface area contributed by atoms with Gasteiger partial charge >= 0.3 is 0 Å². The third-order valence-electron chi connectivity index (χ3n) is 3.00. The van der Waals surface area contributed by atoms with Gasteiger partial charge in [-0.15, -0.1) is 24.8 Å². The highest BCUT2D eigenvalue weighted by Crippen LogP contribution is 2.19. The average molecular weight is 327 g/mol. The highest BCUT2D eigenvalue weighted by molar-refractivity contribution is 6.30. The number of carbonyl (C=O) groups excluding carboxylic acids is 1. The fourth-order valence-corrected chi connectivity index (χ4v) is 2.12. The Hall–Kier alpha value is -0.680. The van der Waals surface area contributed by atoms with Crippen molar-refractivity contribution in [3.05, 3.63) is 29.3 Å². The van der Waals surface area contributed by atoms with Gasteiger partial charge in [0.25, 0.3) is 0 Å². The second-order valence-electron chi connectivity index (χ2n) is 4.05. The van der Waals surface area contributed by atoms with Crippen LogP contribution in [0.15, 0.2) is 24.3 Å². The fourth-order valence-electron chi connectivity index (χ4n) is 2.00. The molecule has 108 valence electrons. The van der Waals surface area contributed by atoms with Crippen molar-refractivity contribution in [2.45, 2.75) is 0 Å². The minimum absolute atomic E-state index is 0. The molecule has 1 saturated heterocycles. The van der Waals surface area contributed by atoms with Crippen molar-refractivity contribution in [1.82, 2.24) is 4.90 Å². The van der Waals surface area contributed by atoms with Gasteiger partial charge in [0.05, 0.1) is 6.54 Å². The van der Waals surface area contributed by atoms with Crippen molar-refractivity contribution in [3.63, 3.8) is 0 Å². The molecule has 1 aromatic carbocycles. The number of anilines is 1. The maximum Gasteiger partial charge on any atom is 0.236 e. The first kappa shape index (κ1) is 18.3. The summed E-state index contributed by atoms with van der Waals surface area (Å²) in [4.78, 5) is 15.5. The van der Waals surface area contributed by atoms with E-state index < -0.39 is 0 Å². The first-order valence-electron chi connectivity index (χ1n) is 5.69. The minimum atomic E-state index is 0. The molecule has 1 heterocycles. The van der Waals surface area contributed by atoms with Crippen LogP contribution in [0, 0.1) is 0 Å². The van der Waals surface area contributed by atoms with Crippen molar-refractivity contribution in [3.8, 4) is 0 Å². The summed E-state index contributed by atoms with van der Waals surface area (Å²) in [5, 5.41) is 0.741. The van der Waals surface area contributed by atoms with Gasteiger partial charge in [-0.05, 0) is 24.3 Å². The van der Waals surface area contributed by atoms with Gasteiger partial charge in [-0.3, -0.25) is 4.79 Å². The first-order valence-corrected chi connectivity index (χ1v) is 6.07. The summed E-state index contributed by atoms with van der Waals surface area (Å²) >= 11 is 5.85. The number of hydrogen-bond acceptors (Lipinski definition) is 3. The van der Waals surface area contributed by atoms with E-state index in [1.165, 1.54) is 0 Å². The van der Waals surface area contributed by atoms with Crippen LogP contribution in [0.25, 0.3) is 0 Å². The van der Waals surface area contributed by atoms with Crippen LogP contribution in [0.4, 0.5) is 5.69 Å². The first-order chi connectivity index (χ1) is 8.20. The molecule has 2 rings (SSSR count). The van der Waals surface area contributed by atoms with Crippen LogP contribution in [-0.4, -0.2) is 43.5 Å². The Bertz CT molecular complexity index is 392. The van der Waals surface area contributed by atoms with Crippen LogP contribution in [0.1, 0.15) is 0 Å². The number of rotatable bonds is 2. The summed E-state index contributed by atoms with van der Waals surface area (Å²) < 4.78 is 0. The molecule has 2 N–H and O–H groups in total. The molecule has 19 heavy (non-hydrogen) atoms. The topological polar surface area (TPSA) is 49.6 Å². The highest BCUT2D eigenvalue weighted by Gasteiger charge is 2.19. The minimum Gasteiger partial charge on any atom is -0.368 e. The zero-order valence-electron chi connectivity index (χ0n) is 10.4. The number of piperazine rings is 1. The van der Waals surface area contributed by atoms with Crippen molar-refractivity contribution < 1.29 is 4.79 Å². The number of benzene rings is 1. The molecule has 0 spiro atoms. The highest BCUT2D eigenvalue weighted by atomic mass is 35.5. The lowest BCUT2D eigenvalue weighted by molar-refractivity contribution is -0.129. The molecule has 0 saturated carbocycles. The molecule has 1 aliphatic heterocycles. The summed E-state index contributed by atoms with van der Waals surface area (Å²) in [6, 6.07) is 7.77. The molecule has 0 aromatic heterocycles. The quantitative estimate of drug-likeness (QED) is 0.901. The largest absolute Gasteiger partial charge is 0.368 e. The third kappa shape index (κ3) is 4.73. The van der Waals surface area contributed by atoms with E-state index in [2.05, 4.69) is 4.90 Å². The van der Waals surface area contributed by atoms with Gasteiger partial charge in [0.15, 0.2) is 0 Å². The van der Waals surface area contributed by atoms with Crippen LogP contribution in [0.3, 0.4) is 0 Å². The predicted octanol–water partition coefficient (Wildman–Crippen LogP) is 1.79. The molecule has 0 atom stereocenters. The van der Waals surface area contributed by atoms with E-state index in [9.17, 15) is 4.79 Å². The molecular formula is C12H18Cl3N3O. The van der Waals surface area contributed by atoms with E-state index in [4.69, 9.17) is 17.3 Å². The summed E-state index contributed by atoms with van der Waals surface area (Å²) in [5.41, 5.74) is 6.49. The van der Waals surface area contributed by atoms with Gasteiger partial charge in [-0.25, -0.2) is 0 Å². The number of amides is 1. The van der Waals surface area contributed by atoms with Gasteiger partial charge in [0.2, 0.25) is 5.91 Å². The van der Waals surface area contributed by atoms with E-state index >= 15 is 0 Å². The molecule has 1 fully saturated rings. The van der Waals surface area contributed by atoms with E-state index in [-0.39, 0.29) is 37.3 Å². The lowest BCUT2D eigenvalue weighted by Gasteiger charge is -2.36. The van der Waals surface area contributed by atoms with Crippen molar-refractivity contribution in [1.29, 1.82) is 0 Å². The Kier molecular flexibility index (Phi) is 8.18. The molecule has 1 aliphatic rings. The van der Waals surface area contributed by atoms with E-state index in [1.807, 2.05) is 29.2 Å². The lowest BCUT2D eigenvalue weighted by atomic mass is 10.2. The Morgan fingerprint density at radius 1 is 1.11 bits per heavy atom. The zero-order valence-corrected chi connectivity index (χ0v) is 12.8. The Morgan fingerprint density at radius 3 is 2.11 bits per heavy atom. The zero-order chi connectivity index (χ0) is 12.3. The van der Waals surface area contributed by atoms with Crippen LogP contribution in [0.2, 0.25) is 5.02 Å². The van der Waals surface area contributed by atoms with Crippen molar-refractivity contribution in [2.75, 3.05) is 37.6 Å². The molecule has 7 heteroatoms. The van der Waals surface area contributed by atoms with Crippen LogP contribution in [-0.2, 0) is 4.79 Å². The molecule has 1 amide bonds. The third-order valence-corrected chi connectivity index (χ3v) is 3.25. The average Bonchev–Trinajstić information content (AvgIpc) is 2.39. The monoisotopic (exact) mass is 325 g/mol. The van der Waals surface area contributed by atoms with Crippen molar-refractivity contribution >= 4 is 48.0 Å². The molecule has 0 bridgehead atoms. The maximum atomic E-state index is 11.4. The van der Waals surface area contributed by atoms with Gasteiger partial charge in [-0.1, -0.05) is 11.6 Å². The Balaban J connectivity index is 0.00000162.